The van der Waals surface area contributed by atoms with Crippen LogP contribution in [-0.4, -0.2) is 55.8 Å². The maximum absolute atomic E-state index is 12.5. The highest BCUT2D eigenvalue weighted by Gasteiger charge is 2.50. The van der Waals surface area contributed by atoms with Crippen molar-refractivity contribution in [2.75, 3.05) is 33.1 Å². The van der Waals surface area contributed by atoms with Crippen molar-refractivity contribution in [2.45, 2.75) is 43.2 Å². The Labute approximate surface area is 188 Å². The van der Waals surface area contributed by atoms with Gasteiger partial charge < -0.3 is 19.7 Å². The zero-order chi connectivity index (χ0) is 22.0. The van der Waals surface area contributed by atoms with Gasteiger partial charge >= 0.3 is 6.03 Å². The Hall–Kier alpha value is -2.51. The van der Waals surface area contributed by atoms with Crippen molar-refractivity contribution in [1.29, 1.82) is 0 Å². The van der Waals surface area contributed by atoms with Gasteiger partial charge in [-0.05, 0) is 69.1 Å². The first kappa shape index (κ1) is 21.7. The molecule has 2 heterocycles. The van der Waals surface area contributed by atoms with Crippen molar-refractivity contribution < 1.29 is 14.3 Å². The maximum Gasteiger partial charge on any atom is 0.320 e. The molecule has 1 aromatic heterocycles. The molecule has 1 saturated heterocycles. The van der Waals surface area contributed by atoms with E-state index in [-0.39, 0.29) is 17.5 Å². The number of ether oxygens (including phenoxy) is 2. The molecular formula is C23H29ClN4O3. The molecule has 3 unspecified atom stereocenters. The van der Waals surface area contributed by atoms with Crippen LogP contribution in [0, 0.1) is 0 Å². The highest BCUT2D eigenvalue weighted by molar-refractivity contribution is 6.30. The van der Waals surface area contributed by atoms with Crippen molar-refractivity contribution in [3.63, 3.8) is 0 Å². The predicted molar refractivity (Wildman–Crippen MR) is 121 cm³/mol. The Morgan fingerprint density at radius 3 is 2.74 bits per heavy atom. The molecule has 2 fully saturated rings. The van der Waals surface area contributed by atoms with Crippen molar-refractivity contribution >= 4 is 23.4 Å². The van der Waals surface area contributed by atoms with Crippen molar-refractivity contribution in [2.24, 2.45) is 0 Å². The number of likely N-dealkylation sites (tertiary alicyclic amines) is 1. The standard InChI is InChI=1S/C23H29ClN4O3/c1-28-11-9-23(15-4-5-18(30-2)19(12-15)31-3)8-6-17(14-20(23)28)26-22(29)27-21-13-16(24)7-10-25-21/h4-5,7,10,12-13,17,20H,6,8-9,11,14H2,1-3H3,(H2,25,26,27,29). The first-order chi connectivity index (χ1) is 14.9. The van der Waals surface area contributed by atoms with E-state index in [1.807, 2.05) is 6.07 Å². The smallest absolute Gasteiger partial charge is 0.320 e. The number of fused-ring (bicyclic) bond motifs is 1. The number of urea groups is 1. The number of likely N-dealkylation sites (N-methyl/N-ethyl adjacent to an activating group) is 1. The minimum absolute atomic E-state index is 0.0530. The average Bonchev–Trinajstić information content (AvgIpc) is 3.10. The molecule has 1 aliphatic carbocycles. The van der Waals surface area contributed by atoms with Gasteiger partial charge in [0.1, 0.15) is 5.82 Å². The summed E-state index contributed by atoms with van der Waals surface area (Å²) in [6.45, 7) is 1.03. The summed E-state index contributed by atoms with van der Waals surface area (Å²) in [6.07, 6.45) is 5.46. The summed E-state index contributed by atoms with van der Waals surface area (Å²) in [6, 6.07) is 9.78. The van der Waals surface area contributed by atoms with Crippen LogP contribution in [0.3, 0.4) is 0 Å². The lowest BCUT2D eigenvalue weighted by Crippen LogP contribution is -2.52. The molecule has 31 heavy (non-hydrogen) atoms. The molecule has 3 atom stereocenters. The summed E-state index contributed by atoms with van der Waals surface area (Å²) in [5.74, 6) is 1.95. The highest BCUT2D eigenvalue weighted by atomic mass is 35.5. The fourth-order valence-electron chi connectivity index (χ4n) is 5.21. The Bertz CT molecular complexity index is 956. The zero-order valence-corrected chi connectivity index (χ0v) is 18.9. The normalized spacial score (nSPS) is 25.5. The van der Waals surface area contributed by atoms with Gasteiger partial charge in [-0.25, -0.2) is 9.78 Å². The van der Waals surface area contributed by atoms with Crippen LogP contribution in [-0.2, 0) is 5.41 Å². The summed E-state index contributed by atoms with van der Waals surface area (Å²) in [4.78, 5) is 19.1. The van der Waals surface area contributed by atoms with E-state index in [1.165, 1.54) is 5.56 Å². The van der Waals surface area contributed by atoms with Gasteiger partial charge in [0.05, 0.1) is 14.2 Å². The maximum atomic E-state index is 12.5. The van der Waals surface area contributed by atoms with Gasteiger partial charge in [-0.3, -0.25) is 5.32 Å². The second-order valence-electron chi connectivity index (χ2n) is 8.40. The van der Waals surface area contributed by atoms with Gasteiger partial charge in [-0.1, -0.05) is 17.7 Å². The number of aromatic nitrogens is 1. The van der Waals surface area contributed by atoms with E-state index >= 15 is 0 Å². The Kier molecular flexibility index (Phi) is 6.25. The van der Waals surface area contributed by atoms with Crippen LogP contribution in [0.15, 0.2) is 36.5 Å². The zero-order valence-electron chi connectivity index (χ0n) is 18.2. The molecular weight excluding hydrogens is 416 g/mol. The molecule has 1 aliphatic heterocycles. The lowest BCUT2D eigenvalue weighted by molar-refractivity contribution is 0.156. The molecule has 2 aromatic rings. The summed E-state index contributed by atoms with van der Waals surface area (Å²) >= 11 is 5.98. The molecule has 2 N–H and O–H groups in total. The number of benzene rings is 1. The van der Waals surface area contributed by atoms with Crippen LogP contribution in [0.2, 0.25) is 5.02 Å². The Morgan fingerprint density at radius 2 is 2.00 bits per heavy atom. The molecule has 2 aliphatic rings. The largest absolute Gasteiger partial charge is 0.493 e. The van der Waals surface area contributed by atoms with E-state index in [9.17, 15) is 4.79 Å². The first-order valence-corrected chi connectivity index (χ1v) is 10.9. The third-order valence-electron chi connectivity index (χ3n) is 6.78. The third kappa shape index (κ3) is 4.29. The number of pyridine rings is 1. The lowest BCUT2D eigenvalue weighted by atomic mass is 9.65. The molecule has 1 aromatic carbocycles. The van der Waals surface area contributed by atoms with Crippen LogP contribution < -0.4 is 20.1 Å². The second-order valence-corrected chi connectivity index (χ2v) is 8.84. The minimum atomic E-state index is -0.251. The Morgan fingerprint density at radius 1 is 1.19 bits per heavy atom. The molecule has 1 saturated carbocycles. The summed E-state index contributed by atoms with van der Waals surface area (Å²) < 4.78 is 11.0. The van der Waals surface area contributed by atoms with E-state index in [1.54, 1.807) is 32.5 Å². The third-order valence-corrected chi connectivity index (χ3v) is 7.02. The van der Waals surface area contributed by atoms with Crippen molar-refractivity contribution in [3.8, 4) is 11.5 Å². The topological polar surface area (TPSA) is 75.7 Å². The number of halogens is 1. The second kappa shape index (κ2) is 8.93. The van der Waals surface area contributed by atoms with Gasteiger partial charge in [-0.15, -0.1) is 0 Å². The number of carbonyl (C=O) groups excluding carboxylic acids is 1. The number of nitrogens with zero attached hydrogens (tertiary/aromatic N) is 2. The summed E-state index contributed by atoms with van der Waals surface area (Å²) in [5.41, 5.74) is 1.34. The number of nitrogens with one attached hydrogen (secondary N) is 2. The number of anilines is 1. The Balaban J connectivity index is 1.48. The lowest BCUT2D eigenvalue weighted by Gasteiger charge is -2.45. The van der Waals surface area contributed by atoms with Gasteiger partial charge in [0.2, 0.25) is 0 Å². The molecule has 0 bridgehead atoms. The number of carbonyl (C=O) groups is 1. The van der Waals surface area contributed by atoms with E-state index in [2.05, 4.69) is 39.7 Å². The highest BCUT2D eigenvalue weighted by Crippen LogP contribution is 2.49. The molecule has 4 rings (SSSR count). The number of hydrogen-bond donors (Lipinski definition) is 2. The van der Waals surface area contributed by atoms with Crippen LogP contribution in [0.4, 0.5) is 10.6 Å². The van der Waals surface area contributed by atoms with Crippen molar-refractivity contribution in [1.82, 2.24) is 15.2 Å². The minimum Gasteiger partial charge on any atom is -0.493 e. The molecule has 0 spiro atoms. The van der Waals surface area contributed by atoms with Crippen LogP contribution in [0.5, 0.6) is 11.5 Å². The fourth-order valence-corrected chi connectivity index (χ4v) is 5.37. The number of hydrogen-bond acceptors (Lipinski definition) is 5. The summed E-state index contributed by atoms with van der Waals surface area (Å²) in [7, 11) is 5.50. The number of methoxy groups -OCH3 is 2. The van der Waals surface area contributed by atoms with Crippen LogP contribution in [0.25, 0.3) is 0 Å². The van der Waals surface area contributed by atoms with Crippen molar-refractivity contribution in [3.05, 3.63) is 47.1 Å². The van der Waals surface area contributed by atoms with Gasteiger partial charge in [0, 0.05) is 28.7 Å². The summed E-state index contributed by atoms with van der Waals surface area (Å²) in [5, 5.41) is 6.44. The molecule has 8 heteroatoms. The van der Waals surface area contributed by atoms with Gasteiger partial charge in [0.25, 0.3) is 0 Å². The van der Waals surface area contributed by atoms with Crippen LogP contribution in [0.1, 0.15) is 31.2 Å². The molecule has 166 valence electrons. The molecule has 2 amide bonds. The SMILES string of the molecule is COc1ccc(C23CCC(NC(=O)Nc4cc(Cl)ccn4)CC2N(C)CC3)cc1OC. The molecule has 7 nitrogen and oxygen atoms in total. The van der Waals surface area contributed by atoms with Gasteiger partial charge in [-0.2, -0.15) is 0 Å². The monoisotopic (exact) mass is 444 g/mol. The quantitative estimate of drug-likeness (QED) is 0.727. The molecule has 0 radical (unpaired) electrons. The predicted octanol–water partition coefficient (Wildman–Crippen LogP) is 4.07. The van der Waals surface area contributed by atoms with E-state index in [0.717, 1.165) is 43.7 Å². The number of amides is 2. The first-order valence-electron chi connectivity index (χ1n) is 10.6. The van der Waals surface area contributed by atoms with E-state index < -0.39 is 0 Å². The van der Waals surface area contributed by atoms with Crippen LogP contribution >= 0.6 is 11.6 Å². The van der Waals surface area contributed by atoms with Gasteiger partial charge in [0.15, 0.2) is 11.5 Å². The number of rotatable bonds is 5. The van der Waals surface area contributed by atoms with E-state index in [4.69, 9.17) is 21.1 Å². The fraction of sp³-hybridized carbons (Fsp3) is 0.478. The average molecular weight is 445 g/mol. The van der Waals surface area contributed by atoms with E-state index in [0.29, 0.717) is 16.9 Å².